The number of aromatic nitrogens is 1. The highest BCUT2D eigenvalue weighted by molar-refractivity contribution is 7.89. The van der Waals surface area contributed by atoms with Crippen LogP contribution in [0, 0.1) is 6.92 Å². The van der Waals surface area contributed by atoms with Crippen LogP contribution < -0.4 is 0 Å². The monoisotopic (exact) mass is 416 g/mol. The normalized spacial score (nSPS) is 13.1. The van der Waals surface area contributed by atoms with Gasteiger partial charge in [0.05, 0.1) is 17.6 Å². The zero-order chi connectivity index (χ0) is 21.0. The molecule has 1 unspecified atom stereocenters. The minimum Gasteiger partial charge on any atom is -0.395 e. The molecular weight excluding hydrogens is 392 g/mol. The van der Waals surface area contributed by atoms with E-state index in [9.17, 15) is 23.4 Å². The summed E-state index contributed by atoms with van der Waals surface area (Å²) >= 11 is 0. The second-order valence-corrected chi connectivity index (χ2v) is 8.86. The lowest BCUT2D eigenvalue weighted by Gasteiger charge is -2.24. The second kappa shape index (κ2) is 8.87. The number of aliphatic hydroxyl groups excluding tert-OH is 2. The highest BCUT2D eigenvalue weighted by Crippen LogP contribution is 2.21. The van der Waals surface area contributed by atoms with E-state index in [4.69, 9.17) is 0 Å². The summed E-state index contributed by atoms with van der Waals surface area (Å²) in [6.07, 6.45) is 1.37. The highest BCUT2D eigenvalue weighted by atomic mass is 32.2. The molecule has 3 aromatic rings. The number of fused-ring (bicyclic) bond motifs is 1. The van der Waals surface area contributed by atoms with Crippen molar-refractivity contribution < 1.29 is 23.4 Å². The average Bonchev–Trinajstić information content (AvgIpc) is 3.05. The molecule has 1 aromatic heterocycles. The first kappa shape index (κ1) is 21.2. The van der Waals surface area contributed by atoms with E-state index < -0.39 is 16.1 Å². The summed E-state index contributed by atoms with van der Waals surface area (Å²) in [6, 6.07) is 13.7. The second-order valence-electron chi connectivity index (χ2n) is 6.93. The lowest BCUT2D eigenvalue weighted by Crippen LogP contribution is -2.40. The number of hydrogen-bond donors (Lipinski definition) is 2. The predicted octanol–water partition coefficient (Wildman–Crippen LogP) is 1.81. The van der Waals surface area contributed by atoms with E-state index >= 15 is 0 Å². The van der Waals surface area contributed by atoms with Gasteiger partial charge in [0.25, 0.3) is 0 Å². The molecule has 0 amide bonds. The van der Waals surface area contributed by atoms with Gasteiger partial charge >= 0.3 is 0 Å². The van der Waals surface area contributed by atoms with Gasteiger partial charge in [0, 0.05) is 42.3 Å². The van der Waals surface area contributed by atoms with Crippen molar-refractivity contribution in [1.82, 2.24) is 8.87 Å². The molecule has 7 nitrogen and oxygen atoms in total. The molecule has 1 heterocycles. The van der Waals surface area contributed by atoms with Crippen LogP contribution in [0.1, 0.15) is 15.9 Å². The van der Waals surface area contributed by atoms with Gasteiger partial charge in [0.2, 0.25) is 10.0 Å². The van der Waals surface area contributed by atoms with Crippen molar-refractivity contribution in [3.05, 3.63) is 65.9 Å². The van der Waals surface area contributed by atoms with Gasteiger partial charge < -0.3 is 14.8 Å². The lowest BCUT2D eigenvalue weighted by molar-refractivity contribution is 0.112. The van der Waals surface area contributed by atoms with E-state index in [0.29, 0.717) is 5.56 Å². The van der Waals surface area contributed by atoms with Gasteiger partial charge in [0.1, 0.15) is 0 Å². The Bertz CT molecular complexity index is 1090. The SMILES string of the molecule is Cc1ccc(S(=O)(=O)N(CCO)CC(O)Cn2cc(C=O)c3ccccc32)cc1. The fourth-order valence-electron chi connectivity index (χ4n) is 3.32. The Balaban J connectivity index is 1.82. The van der Waals surface area contributed by atoms with E-state index in [1.807, 2.05) is 31.2 Å². The Morgan fingerprint density at radius 2 is 1.83 bits per heavy atom. The quantitative estimate of drug-likeness (QED) is 0.518. The summed E-state index contributed by atoms with van der Waals surface area (Å²) < 4.78 is 28.7. The van der Waals surface area contributed by atoms with Gasteiger partial charge in [-0.1, -0.05) is 35.9 Å². The number of aliphatic hydroxyl groups is 2. The minimum absolute atomic E-state index is 0.110. The number of hydrogen-bond acceptors (Lipinski definition) is 5. The van der Waals surface area contributed by atoms with Gasteiger partial charge in [-0.3, -0.25) is 4.79 Å². The van der Waals surface area contributed by atoms with Gasteiger partial charge in [0.15, 0.2) is 6.29 Å². The summed E-state index contributed by atoms with van der Waals surface area (Å²) in [5.74, 6) is 0. The van der Waals surface area contributed by atoms with Crippen LogP contribution in [0.5, 0.6) is 0 Å². The van der Waals surface area contributed by atoms with E-state index in [0.717, 1.165) is 27.1 Å². The molecule has 0 aliphatic carbocycles. The Kier molecular flexibility index (Phi) is 6.49. The summed E-state index contributed by atoms with van der Waals surface area (Å²) in [5, 5.41) is 20.7. The number of para-hydroxylation sites is 1. The number of aldehydes is 1. The number of benzene rings is 2. The number of rotatable bonds is 9. The first-order valence-corrected chi connectivity index (χ1v) is 10.7. The molecule has 1 atom stereocenters. The van der Waals surface area contributed by atoms with Crippen molar-refractivity contribution >= 4 is 27.2 Å². The zero-order valence-electron chi connectivity index (χ0n) is 16.1. The van der Waals surface area contributed by atoms with E-state index in [1.54, 1.807) is 22.9 Å². The first-order valence-electron chi connectivity index (χ1n) is 9.25. The number of aryl methyl sites for hydroxylation is 1. The summed E-state index contributed by atoms with van der Waals surface area (Å²) in [7, 11) is -3.86. The maximum atomic E-state index is 12.9. The first-order chi connectivity index (χ1) is 13.9. The molecule has 154 valence electrons. The fourth-order valence-corrected chi connectivity index (χ4v) is 4.79. The molecule has 29 heavy (non-hydrogen) atoms. The smallest absolute Gasteiger partial charge is 0.243 e. The largest absolute Gasteiger partial charge is 0.395 e. The molecule has 3 rings (SSSR count). The van der Waals surface area contributed by atoms with Crippen LogP contribution in [0.25, 0.3) is 10.9 Å². The number of carbonyl (C=O) groups excluding carboxylic acids is 1. The average molecular weight is 416 g/mol. The molecule has 0 aliphatic heterocycles. The third-order valence-electron chi connectivity index (χ3n) is 4.78. The van der Waals surface area contributed by atoms with E-state index in [-0.39, 0.29) is 31.1 Å². The third-order valence-corrected chi connectivity index (χ3v) is 6.66. The van der Waals surface area contributed by atoms with Crippen molar-refractivity contribution in [2.24, 2.45) is 0 Å². The Morgan fingerprint density at radius 3 is 2.48 bits per heavy atom. The minimum atomic E-state index is -3.86. The summed E-state index contributed by atoms with van der Waals surface area (Å²) in [4.78, 5) is 11.4. The number of sulfonamides is 1. The molecule has 0 saturated carbocycles. The Hall–Kier alpha value is -2.52. The number of carbonyl (C=O) groups is 1. The Labute approximate surface area is 169 Å². The van der Waals surface area contributed by atoms with Crippen molar-refractivity contribution in [3.8, 4) is 0 Å². The fraction of sp³-hybridized carbons (Fsp3) is 0.286. The van der Waals surface area contributed by atoms with Crippen molar-refractivity contribution in [2.75, 3.05) is 19.7 Å². The molecular formula is C21H24N2O5S. The van der Waals surface area contributed by atoms with E-state index in [1.165, 1.54) is 12.1 Å². The molecule has 0 bridgehead atoms. The molecule has 0 aliphatic rings. The zero-order valence-corrected chi connectivity index (χ0v) is 16.9. The van der Waals surface area contributed by atoms with Crippen LogP contribution >= 0.6 is 0 Å². The molecule has 8 heteroatoms. The summed E-state index contributed by atoms with van der Waals surface area (Å²) in [5.41, 5.74) is 2.22. The molecule has 0 saturated heterocycles. The van der Waals surface area contributed by atoms with Crippen LogP contribution in [-0.2, 0) is 16.6 Å². The van der Waals surface area contributed by atoms with Gasteiger partial charge in [-0.15, -0.1) is 0 Å². The molecule has 0 spiro atoms. The van der Waals surface area contributed by atoms with Crippen LogP contribution in [0.2, 0.25) is 0 Å². The maximum Gasteiger partial charge on any atom is 0.243 e. The molecule has 2 N–H and O–H groups in total. The molecule has 0 fully saturated rings. The maximum absolute atomic E-state index is 12.9. The molecule has 0 radical (unpaired) electrons. The highest BCUT2D eigenvalue weighted by Gasteiger charge is 2.26. The summed E-state index contributed by atoms with van der Waals surface area (Å²) in [6.45, 7) is 1.30. The predicted molar refractivity (Wildman–Crippen MR) is 110 cm³/mol. The van der Waals surface area contributed by atoms with Crippen LogP contribution in [-0.4, -0.2) is 59.6 Å². The molecule has 2 aromatic carbocycles. The van der Waals surface area contributed by atoms with Gasteiger partial charge in [-0.2, -0.15) is 4.31 Å². The Morgan fingerprint density at radius 1 is 1.14 bits per heavy atom. The number of nitrogens with zero attached hydrogens (tertiary/aromatic N) is 2. The van der Waals surface area contributed by atoms with Crippen LogP contribution in [0.4, 0.5) is 0 Å². The van der Waals surface area contributed by atoms with Crippen LogP contribution in [0.3, 0.4) is 0 Å². The van der Waals surface area contributed by atoms with Gasteiger partial charge in [-0.05, 0) is 25.1 Å². The lowest BCUT2D eigenvalue weighted by atomic mass is 10.2. The van der Waals surface area contributed by atoms with Gasteiger partial charge in [-0.25, -0.2) is 8.42 Å². The third kappa shape index (κ3) is 4.56. The van der Waals surface area contributed by atoms with Crippen molar-refractivity contribution in [3.63, 3.8) is 0 Å². The van der Waals surface area contributed by atoms with Crippen molar-refractivity contribution in [1.29, 1.82) is 0 Å². The van der Waals surface area contributed by atoms with Crippen molar-refractivity contribution in [2.45, 2.75) is 24.5 Å². The van der Waals surface area contributed by atoms with Crippen LogP contribution in [0.15, 0.2) is 59.6 Å². The standard InChI is InChI=1S/C21H24N2O5S/c1-16-6-8-19(9-7-16)29(27,28)23(10-11-24)14-18(26)13-22-12-17(15-25)20-4-2-3-5-21(20)22/h2-9,12,15,18,24,26H,10-11,13-14H2,1H3. The van der Waals surface area contributed by atoms with E-state index in [2.05, 4.69) is 0 Å². The topological polar surface area (TPSA) is 99.8 Å².